The van der Waals surface area contributed by atoms with Gasteiger partial charge in [0.1, 0.15) is 5.82 Å². The monoisotopic (exact) mass is 800 g/mol. The molecule has 7 aromatic carbocycles. The van der Waals surface area contributed by atoms with Crippen LogP contribution in [-0.4, -0.2) is 9.55 Å². The summed E-state index contributed by atoms with van der Waals surface area (Å²) in [5.41, 5.74) is 23.0. The summed E-state index contributed by atoms with van der Waals surface area (Å²) < 4.78 is 2.42. The Kier molecular flexibility index (Phi) is 9.10. The van der Waals surface area contributed by atoms with E-state index < -0.39 is 0 Å². The highest BCUT2D eigenvalue weighted by atomic mass is 32.2. The molecule has 4 heterocycles. The lowest BCUT2D eigenvalue weighted by Gasteiger charge is -2.28. The zero-order valence-electron chi connectivity index (χ0n) is 33.3. The van der Waals surface area contributed by atoms with E-state index in [4.69, 9.17) is 10.7 Å². The van der Waals surface area contributed by atoms with Gasteiger partial charge in [0.25, 0.3) is 0 Å². The minimum Gasteiger partial charge on any atom is -0.398 e. The third-order valence-electron chi connectivity index (χ3n) is 11.8. The lowest BCUT2D eigenvalue weighted by atomic mass is 9.86. The first-order chi connectivity index (χ1) is 30.2. The molecule has 2 aliphatic rings. The predicted octanol–water partition coefficient (Wildman–Crippen LogP) is 14.9. The Morgan fingerprint density at radius 2 is 1.28 bits per heavy atom. The van der Waals surface area contributed by atoms with E-state index in [2.05, 4.69) is 204 Å². The number of fused-ring (bicyclic) bond motifs is 9. The van der Waals surface area contributed by atoms with Crippen molar-refractivity contribution < 1.29 is 0 Å². The molecule has 1 unspecified atom stereocenters. The molecule has 11 rings (SSSR count). The topological polar surface area (TPSA) is 47.1 Å². The number of rotatable bonds is 7. The molecular weight excluding hydrogens is 761 g/mol. The van der Waals surface area contributed by atoms with Crippen LogP contribution in [0.5, 0.6) is 0 Å². The molecule has 0 saturated carbocycles. The quantitative estimate of drug-likeness (QED) is 0.129. The van der Waals surface area contributed by atoms with Gasteiger partial charge in [-0.25, -0.2) is 4.98 Å². The van der Waals surface area contributed by atoms with Crippen molar-refractivity contribution in [1.29, 1.82) is 0 Å². The fraction of sp³-hybridized carbons (Fsp3) is 0.0179. The van der Waals surface area contributed by atoms with Crippen LogP contribution in [0, 0.1) is 0 Å². The van der Waals surface area contributed by atoms with Gasteiger partial charge in [-0.05, 0) is 89.0 Å². The van der Waals surface area contributed by atoms with Crippen molar-refractivity contribution in [3.8, 4) is 39.2 Å². The van der Waals surface area contributed by atoms with Crippen LogP contribution in [0.2, 0.25) is 0 Å². The standard InChI is InChI=1S/C56H40N4S/c1-2-3-21-41(46-36-53-38(34-33-37-18-7-16-31-52(37)61-53)35-45(46)40-22-8-12-26-47(40)57)48-27-17-32-54(58-48)60-50-29-14-10-24-43(50)55-42-23-9-13-28-49(42)59(39-19-5-4-6-20-39)56(55)44-25-11-15-30-51(44)60/h2-36,41H,1,57H2/b21-3-. The van der Waals surface area contributed by atoms with E-state index in [9.17, 15) is 0 Å². The fourth-order valence-corrected chi connectivity index (χ4v) is 10.2. The van der Waals surface area contributed by atoms with Crippen LogP contribution in [0.4, 0.5) is 22.9 Å². The Hall–Kier alpha value is -7.60. The third-order valence-corrected chi connectivity index (χ3v) is 13.0. The summed E-state index contributed by atoms with van der Waals surface area (Å²) in [7, 11) is 0. The van der Waals surface area contributed by atoms with E-state index in [1.54, 1.807) is 11.8 Å². The average Bonchev–Trinajstić information content (AvgIpc) is 3.45. The number of hydrogen-bond donors (Lipinski definition) is 1. The van der Waals surface area contributed by atoms with E-state index >= 15 is 0 Å². The molecule has 2 N–H and O–H groups in total. The van der Waals surface area contributed by atoms with Crippen molar-refractivity contribution in [3.05, 3.63) is 229 Å². The lowest BCUT2D eigenvalue weighted by Crippen LogP contribution is -2.14. The lowest BCUT2D eigenvalue weighted by molar-refractivity contribution is 0.945. The van der Waals surface area contributed by atoms with Crippen LogP contribution in [0.1, 0.15) is 28.3 Å². The van der Waals surface area contributed by atoms with Gasteiger partial charge in [0, 0.05) is 54.7 Å². The van der Waals surface area contributed by atoms with Crippen LogP contribution in [-0.2, 0) is 0 Å². The van der Waals surface area contributed by atoms with Gasteiger partial charge in [-0.1, -0.05) is 164 Å². The Bertz CT molecular complexity index is 3230. The summed E-state index contributed by atoms with van der Waals surface area (Å²) in [6.45, 7) is 4.09. The molecule has 0 aliphatic carbocycles. The van der Waals surface area contributed by atoms with Gasteiger partial charge in [0.05, 0.1) is 28.3 Å². The Balaban J connectivity index is 1.13. The minimum atomic E-state index is -0.234. The van der Waals surface area contributed by atoms with E-state index in [-0.39, 0.29) is 5.92 Å². The van der Waals surface area contributed by atoms with Crippen LogP contribution >= 0.6 is 11.8 Å². The van der Waals surface area contributed by atoms with Gasteiger partial charge < -0.3 is 10.3 Å². The van der Waals surface area contributed by atoms with Crippen molar-refractivity contribution in [2.75, 3.05) is 10.6 Å². The molecule has 5 heteroatoms. The number of aromatic nitrogens is 2. The highest BCUT2D eigenvalue weighted by molar-refractivity contribution is 7.99. The fourth-order valence-electron chi connectivity index (χ4n) is 9.10. The van der Waals surface area contributed by atoms with Crippen molar-refractivity contribution in [2.45, 2.75) is 15.7 Å². The highest BCUT2D eigenvalue weighted by Gasteiger charge is 2.32. The normalized spacial score (nSPS) is 13.1. The summed E-state index contributed by atoms with van der Waals surface area (Å²) in [5, 5.41) is 1.20. The summed E-state index contributed by atoms with van der Waals surface area (Å²) >= 11 is 1.80. The van der Waals surface area contributed by atoms with Crippen LogP contribution in [0.15, 0.2) is 217 Å². The van der Waals surface area contributed by atoms with Gasteiger partial charge in [-0.15, -0.1) is 0 Å². The molecule has 0 saturated heterocycles. The van der Waals surface area contributed by atoms with E-state index in [1.807, 2.05) is 24.3 Å². The largest absolute Gasteiger partial charge is 0.398 e. The number of nitrogens with zero attached hydrogens (tertiary/aromatic N) is 3. The molecule has 1 atom stereocenters. The SMILES string of the molecule is C=C/C=C\C(c1cccc(N2c3ccccc3-c3c(n(-c4ccccc4)c4ccccc34)-c3ccccc32)n1)c1cc2c(cc1-c1ccccc1N)C=Cc1ccccc1S2. The molecule has 0 bridgehead atoms. The number of benzene rings is 7. The number of para-hydroxylation sites is 5. The van der Waals surface area contributed by atoms with E-state index in [1.165, 1.54) is 31.8 Å². The molecular formula is C56H40N4S. The molecule has 9 aromatic rings. The van der Waals surface area contributed by atoms with Gasteiger partial charge in [0.15, 0.2) is 0 Å². The van der Waals surface area contributed by atoms with Gasteiger partial charge in [-0.2, -0.15) is 0 Å². The molecule has 0 amide bonds. The molecule has 0 fully saturated rings. The average molecular weight is 801 g/mol. The van der Waals surface area contributed by atoms with Crippen molar-refractivity contribution in [3.63, 3.8) is 0 Å². The van der Waals surface area contributed by atoms with Crippen molar-refractivity contribution in [2.24, 2.45) is 0 Å². The first-order valence-electron chi connectivity index (χ1n) is 20.6. The molecule has 4 nitrogen and oxygen atoms in total. The Morgan fingerprint density at radius 3 is 2.11 bits per heavy atom. The molecule has 0 spiro atoms. The van der Waals surface area contributed by atoms with Crippen LogP contribution in [0.25, 0.3) is 62.3 Å². The molecule has 2 aromatic heterocycles. The number of nitrogen functional groups attached to an aromatic ring is 1. The maximum absolute atomic E-state index is 6.79. The van der Waals surface area contributed by atoms with Gasteiger partial charge >= 0.3 is 0 Å². The molecule has 290 valence electrons. The van der Waals surface area contributed by atoms with Gasteiger partial charge in [0.2, 0.25) is 0 Å². The zero-order chi connectivity index (χ0) is 40.9. The summed E-state index contributed by atoms with van der Waals surface area (Å²) in [6.07, 6.45) is 10.5. The first kappa shape index (κ1) is 36.5. The zero-order valence-corrected chi connectivity index (χ0v) is 34.1. The predicted molar refractivity (Wildman–Crippen MR) is 257 cm³/mol. The number of allylic oxidation sites excluding steroid dienone is 3. The number of hydrogen-bond acceptors (Lipinski definition) is 4. The summed E-state index contributed by atoms with van der Waals surface area (Å²) in [4.78, 5) is 10.4. The van der Waals surface area contributed by atoms with E-state index in [0.717, 1.165) is 73.3 Å². The Morgan fingerprint density at radius 1 is 0.590 bits per heavy atom. The Labute approximate surface area is 360 Å². The number of nitrogens with two attached hydrogens (primary N) is 1. The van der Waals surface area contributed by atoms with Crippen LogP contribution in [0.3, 0.4) is 0 Å². The molecule has 0 radical (unpaired) electrons. The number of pyridine rings is 1. The smallest absolute Gasteiger partial charge is 0.137 e. The summed E-state index contributed by atoms with van der Waals surface area (Å²) in [6, 6.07) is 64.8. The first-order valence-corrected chi connectivity index (χ1v) is 21.4. The van der Waals surface area contributed by atoms with Gasteiger partial charge in [-0.3, -0.25) is 4.90 Å². The second-order valence-corrected chi connectivity index (χ2v) is 16.4. The second-order valence-electron chi connectivity index (χ2n) is 15.3. The van der Waals surface area contributed by atoms with Crippen molar-refractivity contribution in [1.82, 2.24) is 9.55 Å². The number of anilines is 4. The maximum atomic E-state index is 6.79. The second kappa shape index (κ2) is 15.2. The minimum absolute atomic E-state index is 0.234. The molecule has 61 heavy (non-hydrogen) atoms. The molecule has 2 aliphatic heterocycles. The van der Waals surface area contributed by atoms with E-state index in [0.29, 0.717) is 0 Å². The van der Waals surface area contributed by atoms with Crippen molar-refractivity contribution >= 4 is 57.7 Å². The maximum Gasteiger partial charge on any atom is 0.137 e. The van der Waals surface area contributed by atoms with Crippen LogP contribution < -0.4 is 10.6 Å². The highest BCUT2D eigenvalue weighted by Crippen LogP contribution is 2.54. The summed E-state index contributed by atoms with van der Waals surface area (Å²) in [5.74, 6) is 0.596. The third kappa shape index (κ3) is 6.21.